The highest BCUT2D eigenvalue weighted by Crippen LogP contribution is 2.23. The number of nitrogens with zero attached hydrogens (tertiary/aromatic N) is 4. The van der Waals surface area contributed by atoms with Crippen LogP contribution in [0.4, 0.5) is 17.1 Å². The quantitative estimate of drug-likeness (QED) is 0.756. The number of hydrogen-bond donors (Lipinski definition) is 0. The minimum Gasteiger partial charge on any atom is -0.369 e. The zero-order valence-corrected chi connectivity index (χ0v) is 17.5. The minimum atomic E-state index is -0.144. The summed E-state index contributed by atoms with van der Waals surface area (Å²) in [5, 5.41) is 0. The van der Waals surface area contributed by atoms with Crippen molar-refractivity contribution in [1.82, 2.24) is 4.90 Å². The molecule has 0 saturated carbocycles. The molecular formula is C23H30N4O2. The summed E-state index contributed by atoms with van der Waals surface area (Å²) in [5.41, 5.74) is 2.73. The van der Waals surface area contributed by atoms with E-state index >= 15 is 0 Å². The van der Waals surface area contributed by atoms with Crippen LogP contribution in [0.1, 0.15) is 13.8 Å². The molecule has 0 atom stereocenters. The SMILES string of the molecule is CCN(C(=O)CN(C(C)=O)c1ccc(N2CCN(C)CC2)cc1)c1ccccc1. The Morgan fingerprint density at radius 2 is 1.45 bits per heavy atom. The molecule has 1 fully saturated rings. The lowest BCUT2D eigenvalue weighted by atomic mass is 10.2. The van der Waals surface area contributed by atoms with E-state index in [1.54, 1.807) is 9.80 Å². The fourth-order valence-electron chi connectivity index (χ4n) is 3.62. The molecule has 29 heavy (non-hydrogen) atoms. The van der Waals surface area contributed by atoms with Crippen molar-refractivity contribution in [2.45, 2.75) is 13.8 Å². The molecule has 0 bridgehead atoms. The fraction of sp³-hybridized carbons (Fsp3) is 0.391. The van der Waals surface area contributed by atoms with Gasteiger partial charge in [-0.2, -0.15) is 0 Å². The van der Waals surface area contributed by atoms with Crippen molar-refractivity contribution in [2.75, 3.05) is 61.0 Å². The number of anilines is 3. The minimum absolute atomic E-state index is 0.0198. The first-order valence-electron chi connectivity index (χ1n) is 10.2. The fourth-order valence-corrected chi connectivity index (χ4v) is 3.62. The van der Waals surface area contributed by atoms with E-state index in [9.17, 15) is 9.59 Å². The Labute approximate surface area is 173 Å². The van der Waals surface area contributed by atoms with Gasteiger partial charge in [0.2, 0.25) is 11.8 Å². The Morgan fingerprint density at radius 3 is 2.00 bits per heavy atom. The molecule has 2 aromatic rings. The van der Waals surface area contributed by atoms with Gasteiger partial charge in [-0.25, -0.2) is 0 Å². The third-order valence-electron chi connectivity index (χ3n) is 5.39. The monoisotopic (exact) mass is 394 g/mol. The lowest BCUT2D eigenvalue weighted by Gasteiger charge is -2.34. The van der Waals surface area contributed by atoms with Gasteiger partial charge in [-0.15, -0.1) is 0 Å². The zero-order chi connectivity index (χ0) is 20.8. The van der Waals surface area contributed by atoms with Crippen LogP contribution in [0.3, 0.4) is 0 Å². The van der Waals surface area contributed by atoms with Crippen molar-refractivity contribution in [2.24, 2.45) is 0 Å². The summed E-state index contributed by atoms with van der Waals surface area (Å²) in [4.78, 5) is 33.1. The molecule has 0 unspecified atom stereocenters. The van der Waals surface area contributed by atoms with Crippen LogP contribution in [0, 0.1) is 0 Å². The topological polar surface area (TPSA) is 47.1 Å². The van der Waals surface area contributed by atoms with E-state index < -0.39 is 0 Å². The molecule has 0 spiro atoms. The van der Waals surface area contributed by atoms with E-state index in [1.165, 1.54) is 6.92 Å². The van der Waals surface area contributed by atoms with Gasteiger partial charge in [0.1, 0.15) is 6.54 Å². The van der Waals surface area contributed by atoms with Gasteiger partial charge < -0.3 is 19.6 Å². The van der Waals surface area contributed by atoms with Crippen LogP contribution in [-0.2, 0) is 9.59 Å². The molecule has 1 heterocycles. The first-order valence-corrected chi connectivity index (χ1v) is 10.2. The highest BCUT2D eigenvalue weighted by atomic mass is 16.2. The third-order valence-corrected chi connectivity index (χ3v) is 5.39. The first kappa shape index (κ1) is 20.9. The van der Waals surface area contributed by atoms with Crippen molar-refractivity contribution < 1.29 is 9.59 Å². The Kier molecular flexibility index (Phi) is 6.88. The van der Waals surface area contributed by atoms with Crippen molar-refractivity contribution in [3.63, 3.8) is 0 Å². The van der Waals surface area contributed by atoms with Crippen molar-refractivity contribution in [1.29, 1.82) is 0 Å². The smallest absolute Gasteiger partial charge is 0.247 e. The average Bonchev–Trinajstić information content (AvgIpc) is 2.74. The summed E-state index contributed by atoms with van der Waals surface area (Å²) in [5.74, 6) is -0.244. The van der Waals surface area contributed by atoms with Gasteiger partial charge in [-0.05, 0) is 50.4 Å². The van der Waals surface area contributed by atoms with Crippen molar-refractivity contribution >= 4 is 28.9 Å². The molecule has 3 rings (SSSR count). The molecule has 154 valence electrons. The third kappa shape index (κ3) is 5.15. The number of piperazine rings is 1. The summed E-state index contributed by atoms with van der Waals surface area (Å²) in [6.45, 7) is 8.09. The molecule has 0 N–H and O–H groups in total. The molecule has 6 nitrogen and oxygen atoms in total. The standard InChI is InChI=1S/C23H30N4O2/c1-4-26(21-8-6-5-7-9-21)23(29)18-27(19(2)28)22-12-10-20(11-13-22)25-16-14-24(3)15-17-25/h5-13H,4,14-18H2,1-3H3. The van der Waals surface area contributed by atoms with Crippen LogP contribution < -0.4 is 14.7 Å². The molecule has 1 aliphatic heterocycles. The molecule has 0 radical (unpaired) electrons. The largest absolute Gasteiger partial charge is 0.369 e. The molecule has 0 aliphatic carbocycles. The summed E-state index contributed by atoms with van der Waals surface area (Å²) in [6.07, 6.45) is 0. The van der Waals surface area contributed by atoms with Gasteiger partial charge in [-0.1, -0.05) is 18.2 Å². The van der Waals surface area contributed by atoms with E-state index in [-0.39, 0.29) is 18.4 Å². The lowest BCUT2D eigenvalue weighted by molar-refractivity contribution is -0.121. The van der Waals surface area contributed by atoms with E-state index in [0.29, 0.717) is 6.54 Å². The molecular weight excluding hydrogens is 364 g/mol. The number of likely N-dealkylation sites (N-methyl/N-ethyl adjacent to an activating group) is 2. The number of hydrogen-bond acceptors (Lipinski definition) is 4. The number of amides is 2. The van der Waals surface area contributed by atoms with Crippen LogP contribution in [0.2, 0.25) is 0 Å². The molecule has 0 aromatic heterocycles. The molecule has 2 aromatic carbocycles. The number of carbonyl (C=O) groups is 2. The van der Waals surface area contributed by atoms with Crippen molar-refractivity contribution in [3.05, 3.63) is 54.6 Å². The number of carbonyl (C=O) groups excluding carboxylic acids is 2. The summed E-state index contributed by atoms with van der Waals surface area (Å²) in [7, 11) is 2.14. The second-order valence-electron chi connectivity index (χ2n) is 7.39. The molecule has 6 heteroatoms. The summed E-state index contributed by atoms with van der Waals surface area (Å²) in [6, 6.07) is 17.5. The van der Waals surface area contributed by atoms with Gasteiger partial charge in [0.15, 0.2) is 0 Å². The second kappa shape index (κ2) is 9.56. The average molecular weight is 395 g/mol. The molecule has 1 saturated heterocycles. The first-order chi connectivity index (χ1) is 14.0. The van der Waals surface area contributed by atoms with Gasteiger partial charge in [0, 0.05) is 56.7 Å². The van der Waals surface area contributed by atoms with Gasteiger partial charge in [0.25, 0.3) is 0 Å². The van der Waals surface area contributed by atoms with E-state index in [4.69, 9.17) is 0 Å². The highest BCUT2D eigenvalue weighted by molar-refractivity contribution is 6.03. The summed E-state index contributed by atoms with van der Waals surface area (Å²) < 4.78 is 0. The van der Waals surface area contributed by atoms with Gasteiger partial charge in [0.05, 0.1) is 0 Å². The highest BCUT2D eigenvalue weighted by Gasteiger charge is 2.21. The maximum Gasteiger partial charge on any atom is 0.247 e. The zero-order valence-electron chi connectivity index (χ0n) is 17.5. The Bertz CT molecular complexity index is 815. The maximum atomic E-state index is 12.9. The van der Waals surface area contributed by atoms with E-state index in [0.717, 1.165) is 43.2 Å². The predicted octanol–water partition coefficient (Wildman–Crippen LogP) is 2.84. The maximum absolute atomic E-state index is 12.9. The van der Waals surface area contributed by atoms with Gasteiger partial charge >= 0.3 is 0 Å². The van der Waals surface area contributed by atoms with Gasteiger partial charge in [-0.3, -0.25) is 9.59 Å². The van der Waals surface area contributed by atoms with Crippen LogP contribution in [0.25, 0.3) is 0 Å². The van der Waals surface area contributed by atoms with Crippen LogP contribution in [0.15, 0.2) is 54.6 Å². The Balaban J connectivity index is 1.72. The molecule has 2 amide bonds. The number of benzene rings is 2. The van der Waals surface area contributed by atoms with Crippen LogP contribution >= 0.6 is 0 Å². The number of para-hydroxylation sites is 1. The Hall–Kier alpha value is -2.86. The summed E-state index contributed by atoms with van der Waals surface area (Å²) >= 11 is 0. The van der Waals surface area contributed by atoms with Crippen LogP contribution in [0.5, 0.6) is 0 Å². The van der Waals surface area contributed by atoms with Crippen LogP contribution in [-0.4, -0.2) is 63.0 Å². The van der Waals surface area contributed by atoms with Crippen molar-refractivity contribution in [3.8, 4) is 0 Å². The normalized spacial score (nSPS) is 14.5. The number of rotatable bonds is 6. The van der Waals surface area contributed by atoms with E-state index in [1.807, 2.05) is 61.5 Å². The molecule has 1 aliphatic rings. The van der Waals surface area contributed by atoms with E-state index in [2.05, 4.69) is 16.8 Å². The lowest BCUT2D eigenvalue weighted by Crippen LogP contribution is -2.44. The Morgan fingerprint density at radius 1 is 0.862 bits per heavy atom. The second-order valence-corrected chi connectivity index (χ2v) is 7.39. The predicted molar refractivity (Wildman–Crippen MR) is 119 cm³/mol.